The van der Waals surface area contributed by atoms with Gasteiger partial charge in [-0.3, -0.25) is 9.48 Å². The summed E-state index contributed by atoms with van der Waals surface area (Å²) in [4.78, 5) is 17.3. The molecule has 0 unspecified atom stereocenters. The normalized spacial score (nSPS) is 10.8. The van der Waals surface area contributed by atoms with E-state index in [4.69, 9.17) is 0 Å². The Morgan fingerprint density at radius 1 is 1.42 bits per heavy atom. The minimum absolute atomic E-state index is 0.331. The van der Waals surface area contributed by atoms with Crippen molar-refractivity contribution < 1.29 is 9.18 Å². The molecule has 0 saturated carbocycles. The topological polar surface area (TPSA) is 64.7 Å². The second kappa shape index (κ2) is 6.88. The van der Waals surface area contributed by atoms with Gasteiger partial charge >= 0.3 is 0 Å². The van der Waals surface area contributed by atoms with E-state index in [9.17, 15) is 9.18 Å². The van der Waals surface area contributed by atoms with Gasteiger partial charge in [-0.15, -0.1) is 0 Å². The van der Waals surface area contributed by atoms with Gasteiger partial charge in [-0.1, -0.05) is 0 Å². The van der Waals surface area contributed by atoms with E-state index in [0.717, 1.165) is 5.16 Å². The zero-order valence-corrected chi connectivity index (χ0v) is 14.0. The van der Waals surface area contributed by atoms with Crippen LogP contribution in [0.1, 0.15) is 17.3 Å². The molecular formula is C16H16FN5OS. The maximum atomic E-state index is 13.6. The Hall–Kier alpha value is -2.61. The summed E-state index contributed by atoms with van der Waals surface area (Å²) < 4.78 is 17.1. The molecule has 0 fully saturated rings. The molecule has 2 aromatic heterocycles. The molecule has 3 rings (SSSR count). The number of amides is 1. The SMILES string of the molecule is CCn1cc(C(=O)Nc2cc(F)ccc2Sc2nccn2C)cn1. The highest BCUT2D eigenvalue weighted by Crippen LogP contribution is 2.33. The molecule has 8 heteroatoms. The Bertz CT molecular complexity index is 873. The standard InChI is InChI=1S/C16H16FN5OS/c1-3-22-10-11(9-19-22)15(23)20-13-8-12(17)4-5-14(13)24-16-18-6-7-21(16)2/h4-10H,3H2,1-2H3,(H,20,23). The number of rotatable bonds is 5. The van der Waals surface area contributed by atoms with Gasteiger partial charge in [0.25, 0.3) is 5.91 Å². The molecule has 0 aliphatic carbocycles. The molecule has 124 valence electrons. The highest BCUT2D eigenvalue weighted by atomic mass is 32.2. The van der Waals surface area contributed by atoms with Gasteiger partial charge in [0.1, 0.15) is 5.82 Å². The third kappa shape index (κ3) is 3.48. The third-order valence-electron chi connectivity index (χ3n) is 3.39. The van der Waals surface area contributed by atoms with Crippen LogP contribution in [-0.2, 0) is 13.6 Å². The zero-order valence-electron chi connectivity index (χ0n) is 13.2. The van der Waals surface area contributed by atoms with Crippen molar-refractivity contribution >= 4 is 23.4 Å². The Morgan fingerprint density at radius 3 is 2.92 bits per heavy atom. The number of hydrogen-bond acceptors (Lipinski definition) is 4. The van der Waals surface area contributed by atoms with Crippen LogP contribution in [-0.4, -0.2) is 25.2 Å². The summed E-state index contributed by atoms with van der Waals surface area (Å²) in [5.41, 5.74) is 0.825. The van der Waals surface area contributed by atoms with Crippen molar-refractivity contribution in [1.82, 2.24) is 19.3 Å². The van der Waals surface area contributed by atoms with Crippen molar-refractivity contribution in [3.05, 3.63) is 54.4 Å². The largest absolute Gasteiger partial charge is 0.329 e. The number of carbonyl (C=O) groups is 1. The van der Waals surface area contributed by atoms with E-state index in [-0.39, 0.29) is 5.91 Å². The summed E-state index contributed by atoms with van der Waals surface area (Å²) in [7, 11) is 1.87. The summed E-state index contributed by atoms with van der Waals surface area (Å²) in [5, 5.41) is 7.57. The van der Waals surface area contributed by atoms with Crippen molar-refractivity contribution in [1.29, 1.82) is 0 Å². The Labute approximate surface area is 142 Å². The third-order valence-corrected chi connectivity index (χ3v) is 4.54. The Balaban J connectivity index is 1.85. The molecule has 0 atom stereocenters. The first-order valence-electron chi connectivity index (χ1n) is 7.35. The molecule has 1 aromatic carbocycles. The lowest BCUT2D eigenvalue weighted by molar-refractivity contribution is 0.102. The molecule has 0 aliphatic rings. The second-order valence-corrected chi connectivity index (χ2v) is 6.11. The van der Waals surface area contributed by atoms with Crippen molar-refractivity contribution in [3.63, 3.8) is 0 Å². The molecule has 1 amide bonds. The first-order valence-corrected chi connectivity index (χ1v) is 8.17. The van der Waals surface area contributed by atoms with Crippen molar-refractivity contribution in [2.24, 2.45) is 7.05 Å². The van der Waals surface area contributed by atoms with Crippen LogP contribution in [0.5, 0.6) is 0 Å². The fourth-order valence-electron chi connectivity index (χ4n) is 2.09. The summed E-state index contributed by atoms with van der Waals surface area (Å²) >= 11 is 1.35. The molecular weight excluding hydrogens is 329 g/mol. The van der Waals surface area contributed by atoms with Crippen LogP contribution in [0.3, 0.4) is 0 Å². The van der Waals surface area contributed by atoms with E-state index in [0.29, 0.717) is 22.7 Å². The van der Waals surface area contributed by atoms with Gasteiger partial charge < -0.3 is 9.88 Å². The number of anilines is 1. The summed E-state index contributed by atoms with van der Waals surface area (Å²) in [5.74, 6) is -0.749. The second-order valence-electron chi connectivity index (χ2n) is 5.10. The molecule has 2 heterocycles. The Kier molecular flexibility index (Phi) is 4.66. The first-order chi connectivity index (χ1) is 11.6. The summed E-state index contributed by atoms with van der Waals surface area (Å²) in [6.07, 6.45) is 6.65. The van der Waals surface area contributed by atoms with Crippen molar-refractivity contribution in [2.45, 2.75) is 23.5 Å². The average molecular weight is 345 g/mol. The molecule has 0 bridgehead atoms. The highest BCUT2D eigenvalue weighted by molar-refractivity contribution is 7.99. The quantitative estimate of drug-likeness (QED) is 0.771. The van der Waals surface area contributed by atoms with E-state index in [1.54, 1.807) is 23.1 Å². The molecule has 0 aliphatic heterocycles. The lowest BCUT2D eigenvalue weighted by atomic mass is 10.2. The fourth-order valence-corrected chi connectivity index (χ4v) is 2.96. The monoisotopic (exact) mass is 345 g/mol. The van der Waals surface area contributed by atoms with Crippen LogP contribution >= 0.6 is 11.8 Å². The molecule has 3 aromatic rings. The van der Waals surface area contributed by atoms with E-state index in [2.05, 4.69) is 15.4 Å². The smallest absolute Gasteiger partial charge is 0.258 e. The van der Waals surface area contributed by atoms with Crippen LogP contribution in [0.25, 0.3) is 0 Å². The van der Waals surface area contributed by atoms with Gasteiger partial charge in [0.2, 0.25) is 0 Å². The number of nitrogens with one attached hydrogen (secondary N) is 1. The van der Waals surface area contributed by atoms with Gasteiger partial charge in [0.15, 0.2) is 5.16 Å². The maximum Gasteiger partial charge on any atom is 0.258 e. The van der Waals surface area contributed by atoms with E-state index in [1.807, 2.05) is 24.7 Å². The fraction of sp³-hybridized carbons (Fsp3) is 0.188. The molecule has 0 spiro atoms. The number of hydrogen-bond donors (Lipinski definition) is 1. The van der Waals surface area contributed by atoms with E-state index in [1.165, 1.54) is 30.1 Å². The number of benzene rings is 1. The number of halogens is 1. The number of aromatic nitrogens is 4. The maximum absolute atomic E-state index is 13.6. The summed E-state index contributed by atoms with van der Waals surface area (Å²) in [6, 6.07) is 4.28. The highest BCUT2D eigenvalue weighted by Gasteiger charge is 2.14. The average Bonchev–Trinajstić information content (AvgIpc) is 3.19. The van der Waals surface area contributed by atoms with Crippen LogP contribution < -0.4 is 5.32 Å². The number of aryl methyl sites for hydroxylation is 2. The first kappa shape index (κ1) is 16.3. The minimum Gasteiger partial charge on any atom is -0.329 e. The molecule has 24 heavy (non-hydrogen) atoms. The van der Waals surface area contributed by atoms with E-state index >= 15 is 0 Å². The Morgan fingerprint density at radius 2 is 2.25 bits per heavy atom. The molecule has 0 radical (unpaired) electrons. The lowest BCUT2D eigenvalue weighted by Crippen LogP contribution is -2.12. The van der Waals surface area contributed by atoms with Crippen LogP contribution in [0.4, 0.5) is 10.1 Å². The molecule has 6 nitrogen and oxygen atoms in total. The van der Waals surface area contributed by atoms with Gasteiger partial charge in [-0.25, -0.2) is 9.37 Å². The van der Waals surface area contributed by atoms with Crippen LogP contribution in [0.2, 0.25) is 0 Å². The predicted molar refractivity (Wildman–Crippen MR) is 89.6 cm³/mol. The van der Waals surface area contributed by atoms with Crippen molar-refractivity contribution in [2.75, 3.05) is 5.32 Å². The number of imidazole rings is 1. The minimum atomic E-state index is -0.418. The number of carbonyl (C=O) groups excluding carboxylic acids is 1. The van der Waals surface area contributed by atoms with Crippen molar-refractivity contribution in [3.8, 4) is 0 Å². The van der Waals surface area contributed by atoms with Crippen LogP contribution in [0.15, 0.2) is 53.0 Å². The summed E-state index contributed by atoms with van der Waals surface area (Å²) in [6.45, 7) is 2.61. The molecule has 0 saturated heterocycles. The van der Waals surface area contributed by atoms with Gasteiger partial charge in [0.05, 0.1) is 17.4 Å². The zero-order chi connectivity index (χ0) is 17.1. The number of nitrogens with zero attached hydrogens (tertiary/aromatic N) is 4. The van der Waals surface area contributed by atoms with Gasteiger partial charge in [-0.05, 0) is 36.9 Å². The van der Waals surface area contributed by atoms with Gasteiger partial charge in [0, 0.05) is 37.1 Å². The van der Waals surface area contributed by atoms with Gasteiger partial charge in [-0.2, -0.15) is 5.10 Å². The molecule has 1 N–H and O–H groups in total. The van der Waals surface area contributed by atoms with E-state index < -0.39 is 5.82 Å². The predicted octanol–water partition coefficient (Wildman–Crippen LogP) is 3.18. The van der Waals surface area contributed by atoms with Crippen LogP contribution in [0, 0.1) is 5.82 Å². The lowest BCUT2D eigenvalue weighted by Gasteiger charge is -2.10.